The van der Waals surface area contributed by atoms with Gasteiger partial charge in [-0.1, -0.05) is 18.2 Å². The Balaban J connectivity index is 1.37. The lowest BCUT2D eigenvalue weighted by Gasteiger charge is -2.36. The summed E-state index contributed by atoms with van der Waals surface area (Å²) in [7, 11) is 0. The lowest BCUT2D eigenvalue weighted by Crippen LogP contribution is -2.46. The molecular weight excluding hydrogens is 357 g/mol. The Morgan fingerprint density at radius 2 is 1.64 bits per heavy atom. The number of pyridine rings is 2. The molecule has 0 unspecified atom stereocenters. The molecule has 0 spiro atoms. The van der Waals surface area contributed by atoms with Gasteiger partial charge in [-0.25, -0.2) is 14.4 Å². The largest absolute Gasteiger partial charge is 0.367 e. The maximum atomic E-state index is 13.7. The number of rotatable bonds is 4. The molecule has 7 heteroatoms. The van der Waals surface area contributed by atoms with Gasteiger partial charge >= 0.3 is 0 Å². The van der Waals surface area contributed by atoms with Crippen molar-refractivity contribution in [3.8, 4) is 0 Å². The minimum Gasteiger partial charge on any atom is -0.367 e. The fourth-order valence-corrected chi connectivity index (χ4v) is 3.19. The third-order valence-electron chi connectivity index (χ3n) is 4.72. The highest BCUT2D eigenvalue weighted by Gasteiger charge is 2.19. The molecule has 0 bridgehead atoms. The van der Waals surface area contributed by atoms with Crippen molar-refractivity contribution in [3.63, 3.8) is 0 Å². The fourth-order valence-electron chi connectivity index (χ4n) is 3.19. The van der Waals surface area contributed by atoms with E-state index in [4.69, 9.17) is 0 Å². The SMILES string of the molecule is O=C(Nc1ccccc1F)c1ccc(N2CCN(c3ccccn3)CC2)cn1. The molecule has 1 aliphatic rings. The van der Waals surface area contributed by atoms with E-state index in [1.165, 1.54) is 12.1 Å². The first kappa shape index (κ1) is 17.9. The second-order valence-electron chi connectivity index (χ2n) is 6.50. The van der Waals surface area contributed by atoms with Crippen LogP contribution in [0.3, 0.4) is 0 Å². The molecule has 142 valence electrons. The summed E-state index contributed by atoms with van der Waals surface area (Å²) in [5.41, 5.74) is 1.35. The van der Waals surface area contributed by atoms with E-state index in [-0.39, 0.29) is 11.4 Å². The van der Waals surface area contributed by atoms with Gasteiger partial charge in [0.05, 0.1) is 17.6 Å². The van der Waals surface area contributed by atoms with Gasteiger partial charge in [0.1, 0.15) is 17.3 Å². The number of para-hydroxylation sites is 1. The molecule has 1 fully saturated rings. The summed E-state index contributed by atoms with van der Waals surface area (Å²) in [6.45, 7) is 3.43. The van der Waals surface area contributed by atoms with E-state index in [0.717, 1.165) is 37.7 Å². The lowest BCUT2D eigenvalue weighted by molar-refractivity contribution is 0.102. The molecule has 28 heavy (non-hydrogen) atoms. The first-order chi connectivity index (χ1) is 13.7. The van der Waals surface area contributed by atoms with Gasteiger partial charge in [-0.3, -0.25) is 4.79 Å². The molecule has 1 saturated heterocycles. The molecule has 1 amide bonds. The van der Waals surface area contributed by atoms with E-state index in [0.29, 0.717) is 0 Å². The normalized spacial score (nSPS) is 14.0. The van der Waals surface area contributed by atoms with Crippen LogP contribution in [0.1, 0.15) is 10.5 Å². The maximum Gasteiger partial charge on any atom is 0.274 e. The number of hydrogen-bond acceptors (Lipinski definition) is 5. The second kappa shape index (κ2) is 8.04. The van der Waals surface area contributed by atoms with Crippen LogP contribution in [0.2, 0.25) is 0 Å². The zero-order chi connectivity index (χ0) is 19.3. The van der Waals surface area contributed by atoms with E-state index in [2.05, 4.69) is 25.1 Å². The second-order valence-corrected chi connectivity index (χ2v) is 6.50. The summed E-state index contributed by atoms with van der Waals surface area (Å²) in [4.78, 5) is 25.4. The van der Waals surface area contributed by atoms with Crippen molar-refractivity contribution in [2.45, 2.75) is 0 Å². The fraction of sp³-hybridized carbons (Fsp3) is 0.190. The molecular formula is C21H20FN5O. The van der Waals surface area contributed by atoms with Crippen molar-refractivity contribution >= 4 is 23.1 Å². The third-order valence-corrected chi connectivity index (χ3v) is 4.72. The number of carbonyl (C=O) groups excluding carboxylic acids is 1. The number of hydrogen-bond donors (Lipinski definition) is 1. The molecule has 2 aromatic heterocycles. The lowest BCUT2D eigenvalue weighted by atomic mass is 10.2. The van der Waals surface area contributed by atoms with Gasteiger partial charge in [0.15, 0.2) is 0 Å². The van der Waals surface area contributed by atoms with Gasteiger partial charge in [-0.15, -0.1) is 0 Å². The number of benzene rings is 1. The molecule has 0 atom stereocenters. The van der Waals surface area contributed by atoms with Gasteiger partial charge in [0.2, 0.25) is 0 Å². The molecule has 1 aliphatic heterocycles. The molecule has 1 N–H and O–H groups in total. The van der Waals surface area contributed by atoms with Crippen LogP contribution in [0.5, 0.6) is 0 Å². The summed E-state index contributed by atoms with van der Waals surface area (Å²) in [6, 6.07) is 15.5. The van der Waals surface area contributed by atoms with Crippen LogP contribution in [-0.2, 0) is 0 Å². The van der Waals surface area contributed by atoms with Crippen molar-refractivity contribution in [1.29, 1.82) is 0 Å². The van der Waals surface area contributed by atoms with Gasteiger partial charge < -0.3 is 15.1 Å². The molecule has 6 nitrogen and oxygen atoms in total. The highest BCUT2D eigenvalue weighted by atomic mass is 19.1. The highest BCUT2D eigenvalue weighted by molar-refractivity contribution is 6.03. The number of nitrogens with one attached hydrogen (secondary N) is 1. The van der Waals surface area contributed by atoms with E-state index in [9.17, 15) is 9.18 Å². The van der Waals surface area contributed by atoms with E-state index in [1.54, 1.807) is 30.6 Å². The molecule has 3 heterocycles. The smallest absolute Gasteiger partial charge is 0.274 e. The summed E-state index contributed by atoms with van der Waals surface area (Å²) >= 11 is 0. The number of piperazine rings is 1. The Morgan fingerprint density at radius 1 is 0.893 bits per heavy atom. The number of carbonyl (C=O) groups is 1. The first-order valence-electron chi connectivity index (χ1n) is 9.13. The predicted octanol–water partition coefficient (Wildman–Crippen LogP) is 3.19. The first-order valence-corrected chi connectivity index (χ1v) is 9.13. The molecule has 0 saturated carbocycles. The molecule has 0 radical (unpaired) electrons. The summed E-state index contributed by atoms with van der Waals surface area (Å²) < 4.78 is 13.7. The zero-order valence-corrected chi connectivity index (χ0v) is 15.3. The predicted molar refractivity (Wildman–Crippen MR) is 107 cm³/mol. The number of aromatic nitrogens is 2. The van der Waals surface area contributed by atoms with Crippen molar-refractivity contribution in [2.24, 2.45) is 0 Å². The Bertz CT molecular complexity index is 941. The van der Waals surface area contributed by atoms with E-state index in [1.807, 2.05) is 24.3 Å². The topological polar surface area (TPSA) is 61.4 Å². The van der Waals surface area contributed by atoms with Crippen LogP contribution in [0.15, 0.2) is 67.0 Å². The minimum absolute atomic E-state index is 0.143. The number of halogens is 1. The Morgan fingerprint density at radius 3 is 2.32 bits per heavy atom. The average Bonchev–Trinajstić information content (AvgIpc) is 2.76. The van der Waals surface area contributed by atoms with Gasteiger partial charge in [-0.05, 0) is 36.4 Å². The monoisotopic (exact) mass is 377 g/mol. The minimum atomic E-state index is -0.474. The molecule has 1 aromatic carbocycles. The summed E-state index contributed by atoms with van der Waals surface area (Å²) in [5.74, 6) is 0.0790. The highest BCUT2D eigenvalue weighted by Crippen LogP contribution is 2.19. The number of amides is 1. The number of anilines is 3. The standard InChI is InChI=1S/C21H20FN5O/c22-17-5-1-2-6-18(17)25-21(28)19-9-8-16(15-24-19)26-11-13-27(14-12-26)20-7-3-4-10-23-20/h1-10,15H,11-14H2,(H,25,28). The van der Waals surface area contributed by atoms with E-state index >= 15 is 0 Å². The Hall–Kier alpha value is -3.48. The van der Waals surface area contributed by atoms with E-state index < -0.39 is 11.7 Å². The third kappa shape index (κ3) is 3.93. The summed E-state index contributed by atoms with van der Waals surface area (Å²) in [6.07, 6.45) is 3.49. The van der Waals surface area contributed by atoms with Crippen molar-refractivity contribution < 1.29 is 9.18 Å². The molecule has 3 aromatic rings. The van der Waals surface area contributed by atoms with Crippen LogP contribution in [0.4, 0.5) is 21.6 Å². The Labute approximate surface area is 162 Å². The van der Waals surface area contributed by atoms with Crippen molar-refractivity contribution in [1.82, 2.24) is 9.97 Å². The van der Waals surface area contributed by atoms with Crippen LogP contribution in [0.25, 0.3) is 0 Å². The van der Waals surface area contributed by atoms with Crippen LogP contribution >= 0.6 is 0 Å². The van der Waals surface area contributed by atoms with Crippen LogP contribution in [0, 0.1) is 5.82 Å². The molecule has 4 rings (SSSR count). The average molecular weight is 377 g/mol. The van der Waals surface area contributed by atoms with Crippen LogP contribution < -0.4 is 15.1 Å². The van der Waals surface area contributed by atoms with Gasteiger partial charge in [0.25, 0.3) is 5.91 Å². The summed E-state index contributed by atoms with van der Waals surface area (Å²) in [5, 5.41) is 2.55. The van der Waals surface area contributed by atoms with Crippen LogP contribution in [-0.4, -0.2) is 42.1 Å². The quantitative estimate of drug-likeness (QED) is 0.757. The van der Waals surface area contributed by atoms with Crippen molar-refractivity contribution in [2.75, 3.05) is 41.3 Å². The van der Waals surface area contributed by atoms with Crippen molar-refractivity contribution in [3.05, 3.63) is 78.5 Å². The Kier molecular flexibility index (Phi) is 5.14. The maximum absolute atomic E-state index is 13.7. The molecule has 0 aliphatic carbocycles. The zero-order valence-electron chi connectivity index (χ0n) is 15.3. The van der Waals surface area contributed by atoms with Gasteiger partial charge in [0, 0.05) is 32.4 Å². The van der Waals surface area contributed by atoms with Gasteiger partial charge in [-0.2, -0.15) is 0 Å². The number of nitrogens with zero attached hydrogens (tertiary/aromatic N) is 4.